The van der Waals surface area contributed by atoms with Crippen molar-refractivity contribution in [3.05, 3.63) is 0 Å². The average Bonchev–Trinajstić information content (AvgIpc) is 3.50. The Morgan fingerprint density at radius 1 is 1.13 bits per heavy atom. The maximum absolute atomic E-state index is 13.2. The molecule has 31 heavy (non-hydrogen) atoms. The highest BCUT2D eigenvalue weighted by atomic mass is 16.7. The summed E-state index contributed by atoms with van der Waals surface area (Å²) in [6.45, 7) is 4.46. The molecule has 0 aliphatic carbocycles. The molecule has 6 rings (SSSR count). The first-order valence-corrected chi connectivity index (χ1v) is 11.2. The first-order valence-electron chi connectivity index (χ1n) is 11.2. The van der Waals surface area contributed by atoms with E-state index >= 15 is 0 Å². The van der Waals surface area contributed by atoms with Crippen molar-refractivity contribution < 1.29 is 42.8 Å². The number of morpholine rings is 1. The highest BCUT2D eigenvalue weighted by Gasteiger charge is 2.72. The lowest BCUT2D eigenvalue weighted by atomic mass is 9.78. The fourth-order valence-corrected chi connectivity index (χ4v) is 6.16. The van der Waals surface area contributed by atoms with Crippen LogP contribution in [0.15, 0.2) is 0 Å². The number of carbonyl (C=O) groups excluding carboxylic acids is 3. The first kappa shape index (κ1) is 19.9. The van der Waals surface area contributed by atoms with Crippen LogP contribution in [0.2, 0.25) is 0 Å². The maximum Gasteiger partial charge on any atom is 0.320 e. The number of hydrogen-bond acceptors (Lipinski definition) is 10. The average molecular weight is 437 g/mol. The SMILES string of the molecule is CC1(OC(=O)C2C3OC4C(OC(=O)C42)C3OC(=O)CN2CCOCC2)CC2CCC1O2. The second kappa shape index (κ2) is 7.13. The van der Waals surface area contributed by atoms with Gasteiger partial charge in [-0.1, -0.05) is 0 Å². The van der Waals surface area contributed by atoms with Gasteiger partial charge >= 0.3 is 17.9 Å². The second-order valence-electron chi connectivity index (χ2n) is 9.62. The van der Waals surface area contributed by atoms with Crippen LogP contribution >= 0.6 is 0 Å². The topological polar surface area (TPSA) is 110 Å². The van der Waals surface area contributed by atoms with E-state index < -0.39 is 59.8 Å². The van der Waals surface area contributed by atoms with Gasteiger partial charge in [0.2, 0.25) is 0 Å². The Morgan fingerprint density at radius 2 is 1.94 bits per heavy atom. The van der Waals surface area contributed by atoms with Gasteiger partial charge in [-0.3, -0.25) is 19.3 Å². The van der Waals surface area contributed by atoms with Gasteiger partial charge < -0.3 is 28.4 Å². The zero-order chi connectivity index (χ0) is 21.3. The Bertz CT molecular complexity index is 798. The van der Waals surface area contributed by atoms with Crippen molar-refractivity contribution in [2.75, 3.05) is 32.8 Å². The summed E-state index contributed by atoms with van der Waals surface area (Å²) in [6, 6.07) is 0. The molecule has 0 spiro atoms. The molecule has 9 atom stereocenters. The summed E-state index contributed by atoms with van der Waals surface area (Å²) >= 11 is 0. The Kier molecular flexibility index (Phi) is 4.58. The van der Waals surface area contributed by atoms with Gasteiger partial charge in [-0.2, -0.15) is 0 Å². The molecule has 0 radical (unpaired) electrons. The van der Waals surface area contributed by atoms with Crippen molar-refractivity contribution in [3.8, 4) is 0 Å². The number of rotatable bonds is 5. The van der Waals surface area contributed by atoms with E-state index in [9.17, 15) is 14.4 Å². The van der Waals surface area contributed by atoms with E-state index in [-0.39, 0.29) is 18.8 Å². The molecule has 0 aromatic carbocycles. The van der Waals surface area contributed by atoms with E-state index in [4.69, 9.17) is 28.4 Å². The Morgan fingerprint density at radius 3 is 2.65 bits per heavy atom. The van der Waals surface area contributed by atoms with E-state index in [0.29, 0.717) is 32.7 Å². The van der Waals surface area contributed by atoms with E-state index in [2.05, 4.69) is 0 Å². The lowest BCUT2D eigenvalue weighted by molar-refractivity contribution is -0.176. The molecule has 6 heterocycles. The smallest absolute Gasteiger partial charge is 0.320 e. The molecule has 0 saturated carbocycles. The summed E-state index contributed by atoms with van der Waals surface area (Å²) in [5.41, 5.74) is -0.702. The van der Waals surface area contributed by atoms with Crippen LogP contribution in [0.3, 0.4) is 0 Å². The van der Waals surface area contributed by atoms with Crippen LogP contribution < -0.4 is 0 Å². The highest BCUT2D eigenvalue weighted by molar-refractivity contribution is 5.87. The van der Waals surface area contributed by atoms with Crippen molar-refractivity contribution in [3.63, 3.8) is 0 Å². The third-order valence-electron chi connectivity index (χ3n) is 7.66. The van der Waals surface area contributed by atoms with Crippen molar-refractivity contribution >= 4 is 17.9 Å². The van der Waals surface area contributed by atoms with Crippen molar-refractivity contribution in [1.82, 2.24) is 4.90 Å². The standard InChI is InChI=1S/C21H27NO9/c1-21(8-10-2-3-11(21)27-10)31-20(25)14-13-15-18(30-19(13)24)17(16(14)29-15)28-12(23)9-22-4-6-26-7-5-22/h10-11,13-18H,2-9H2,1H3. The normalized spacial score (nSPS) is 47.6. The maximum atomic E-state index is 13.2. The van der Waals surface area contributed by atoms with Gasteiger partial charge in [0.1, 0.15) is 29.6 Å². The minimum absolute atomic E-state index is 0.119. The summed E-state index contributed by atoms with van der Waals surface area (Å²) in [5, 5.41) is 0. The quantitative estimate of drug-likeness (QED) is 0.409. The number of ether oxygens (including phenoxy) is 6. The van der Waals surface area contributed by atoms with Crippen LogP contribution in [0.4, 0.5) is 0 Å². The molecule has 6 aliphatic rings. The molecule has 0 amide bonds. The number of fused-ring (bicyclic) bond motifs is 3. The Balaban J connectivity index is 1.16. The fraction of sp³-hybridized carbons (Fsp3) is 0.857. The molecule has 170 valence electrons. The molecular weight excluding hydrogens is 410 g/mol. The largest absolute Gasteiger partial charge is 0.456 e. The third kappa shape index (κ3) is 3.10. The molecule has 10 heteroatoms. The monoisotopic (exact) mass is 437 g/mol. The summed E-state index contributed by atoms with van der Waals surface area (Å²) in [5.74, 6) is -2.96. The van der Waals surface area contributed by atoms with E-state index in [0.717, 1.165) is 12.8 Å². The molecule has 6 fully saturated rings. The van der Waals surface area contributed by atoms with Crippen molar-refractivity contribution in [2.24, 2.45) is 11.8 Å². The minimum atomic E-state index is -0.839. The van der Waals surface area contributed by atoms with Crippen LogP contribution in [0, 0.1) is 11.8 Å². The second-order valence-corrected chi connectivity index (χ2v) is 9.62. The molecule has 10 nitrogen and oxygen atoms in total. The molecule has 6 saturated heterocycles. The summed E-state index contributed by atoms with van der Waals surface area (Å²) in [4.78, 5) is 40.2. The molecule has 4 bridgehead atoms. The van der Waals surface area contributed by atoms with Crippen LogP contribution in [0.25, 0.3) is 0 Å². The third-order valence-corrected chi connectivity index (χ3v) is 7.66. The number of hydrogen-bond donors (Lipinski definition) is 0. The van der Waals surface area contributed by atoms with E-state index in [1.54, 1.807) is 0 Å². The lowest BCUT2D eigenvalue weighted by Gasteiger charge is -2.34. The zero-order valence-electron chi connectivity index (χ0n) is 17.4. The van der Waals surface area contributed by atoms with Gasteiger partial charge in [0.15, 0.2) is 12.2 Å². The van der Waals surface area contributed by atoms with Crippen LogP contribution in [-0.4, -0.2) is 97.9 Å². The number of nitrogens with zero attached hydrogens (tertiary/aromatic N) is 1. The van der Waals surface area contributed by atoms with Gasteiger partial charge in [-0.05, 0) is 19.8 Å². The first-order chi connectivity index (χ1) is 14.9. The number of carbonyl (C=O) groups is 3. The molecule has 9 unspecified atom stereocenters. The summed E-state index contributed by atoms with van der Waals surface area (Å²) in [6.07, 6.45) is -0.300. The van der Waals surface area contributed by atoms with Crippen molar-refractivity contribution in [1.29, 1.82) is 0 Å². The summed E-state index contributed by atoms with van der Waals surface area (Å²) in [7, 11) is 0. The molecule has 0 N–H and O–H groups in total. The minimum Gasteiger partial charge on any atom is -0.456 e. The Hall–Kier alpha value is -1.75. The van der Waals surface area contributed by atoms with E-state index in [1.807, 2.05) is 11.8 Å². The molecule has 0 aromatic rings. The molecule has 0 aromatic heterocycles. The summed E-state index contributed by atoms with van der Waals surface area (Å²) < 4.78 is 34.2. The van der Waals surface area contributed by atoms with Crippen LogP contribution in [0.5, 0.6) is 0 Å². The highest BCUT2D eigenvalue weighted by Crippen LogP contribution is 2.52. The van der Waals surface area contributed by atoms with Crippen LogP contribution in [-0.2, 0) is 42.8 Å². The predicted octanol–water partition coefficient (Wildman–Crippen LogP) is -0.578. The molecule has 6 aliphatic heterocycles. The zero-order valence-corrected chi connectivity index (χ0v) is 17.4. The fourth-order valence-electron chi connectivity index (χ4n) is 6.16. The Labute approximate surface area is 179 Å². The van der Waals surface area contributed by atoms with Gasteiger partial charge in [0.25, 0.3) is 0 Å². The molecular formula is C21H27NO9. The van der Waals surface area contributed by atoms with Crippen LogP contribution in [0.1, 0.15) is 26.2 Å². The van der Waals surface area contributed by atoms with E-state index in [1.165, 1.54) is 0 Å². The van der Waals surface area contributed by atoms with Gasteiger partial charge in [0, 0.05) is 19.5 Å². The van der Waals surface area contributed by atoms with Gasteiger partial charge in [-0.25, -0.2) is 0 Å². The van der Waals surface area contributed by atoms with Crippen molar-refractivity contribution in [2.45, 2.75) is 68.4 Å². The predicted molar refractivity (Wildman–Crippen MR) is 99.7 cm³/mol. The lowest BCUT2D eigenvalue weighted by Crippen LogP contribution is -2.51. The van der Waals surface area contributed by atoms with Gasteiger partial charge in [-0.15, -0.1) is 0 Å². The van der Waals surface area contributed by atoms with Gasteiger partial charge in [0.05, 0.1) is 32.0 Å². The number of esters is 3.